The number of halogens is 2. The maximum atomic E-state index is 13.6. The summed E-state index contributed by atoms with van der Waals surface area (Å²) in [5, 5.41) is 3.01. The summed E-state index contributed by atoms with van der Waals surface area (Å²) >= 11 is 5.79. The number of ether oxygens (including phenoxy) is 1. The van der Waals surface area contributed by atoms with Crippen LogP contribution in [0.3, 0.4) is 0 Å². The number of benzene rings is 2. The lowest BCUT2D eigenvalue weighted by Gasteiger charge is -2.09. The lowest BCUT2D eigenvalue weighted by Crippen LogP contribution is -2.23. The number of amides is 1. The van der Waals surface area contributed by atoms with Gasteiger partial charge in [0.2, 0.25) is 0 Å². The van der Waals surface area contributed by atoms with Crippen molar-refractivity contribution < 1.29 is 13.9 Å². The van der Waals surface area contributed by atoms with Crippen molar-refractivity contribution in [2.45, 2.75) is 33.1 Å². The van der Waals surface area contributed by atoms with Crippen LogP contribution in [0.5, 0.6) is 0 Å². The van der Waals surface area contributed by atoms with Crippen molar-refractivity contribution in [2.75, 3.05) is 0 Å². The third-order valence-corrected chi connectivity index (χ3v) is 3.47. The van der Waals surface area contributed by atoms with Crippen molar-refractivity contribution in [3.05, 3.63) is 70.0 Å². The molecular formula is C18H19ClFNO2. The third-order valence-electron chi connectivity index (χ3n) is 3.23. The van der Waals surface area contributed by atoms with E-state index in [1.54, 1.807) is 0 Å². The van der Waals surface area contributed by atoms with E-state index in [0.29, 0.717) is 18.2 Å². The number of hydrogen-bond acceptors (Lipinski definition) is 2. The molecule has 5 heteroatoms. The van der Waals surface area contributed by atoms with Crippen molar-refractivity contribution in [3.63, 3.8) is 0 Å². The molecule has 0 radical (unpaired) electrons. The number of carbonyl (C=O) groups is 1. The van der Waals surface area contributed by atoms with Crippen LogP contribution in [-0.4, -0.2) is 12.0 Å². The second-order valence-corrected chi connectivity index (χ2v) is 5.92. The molecule has 2 aromatic rings. The first-order valence-corrected chi connectivity index (χ1v) is 7.76. The van der Waals surface area contributed by atoms with Gasteiger partial charge < -0.3 is 10.1 Å². The lowest BCUT2D eigenvalue weighted by molar-refractivity contribution is 0.0657. The maximum Gasteiger partial charge on any atom is 0.254 e. The smallest absolute Gasteiger partial charge is 0.254 e. The molecule has 2 aromatic carbocycles. The van der Waals surface area contributed by atoms with Gasteiger partial charge in [-0.3, -0.25) is 4.79 Å². The Labute approximate surface area is 140 Å². The maximum absolute atomic E-state index is 13.6. The first kappa shape index (κ1) is 17.4. The monoisotopic (exact) mass is 335 g/mol. The van der Waals surface area contributed by atoms with Crippen molar-refractivity contribution in [2.24, 2.45) is 0 Å². The fourth-order valence-electron chi connectivity index (χ4n) is 1.97. The van der Waals surface area contributed by atoms with E-state index >= 15 is 0 Å². The van der Waals surface area contributed by atoms with Crippen LogP contribution in [0, 0.1) is 5.82 Å². The number of carbonyl (C=O) groups excluding carboxylic acids is 1. The Kier molecular flexibility index (Phi) is 6.13. The second kappa shape index (κ2) is 8.09. The summed E-state index contributed by atoms with van der Waals surface area (Å²) in [6.45, 7) is 4.84. The standard InChI is InChI=1S/C18H19ClFNO2/c1-12(2)23-11-14-5-3-13(4-6-14)10-21-18(22)16-9-15(19)7-8-17(16)20/h3-9,12H,10-11H2,1-2H3,(H,21,22). The molecule has 23 heavy (non-hydrogen) atoms. The molecule has 0 bridgehead atoms. The fraction of sp³-hybridized carbons (Fsp3) is 0.278. The molecule has 0 fully saturated rings. The third kappa shape index (κ3) is 5.34. The van der Waals surface area contributed by atoms with Gasteiger partial charge in [0.25, 0.3) is 5.91 Å². The highest BCUT2D eigenvalue weighted by molar-refractivity contribution is 6.30. The molecule has 0 unspecified atom stereocenters. The molecule has 0 aliphatic rings. The molecule has 1 N–H and O–H groups in total. The number of nitrogens with one attached hydrogen (secondary N) is 1. The fourth-order valence-corrected chi connectivity index (χ4v) is 2.14. The van der Waals surface area contributed by atoms with Crippen LogP contribution >= 0.6 is 11.6 Å². The zero-order valence-electron chi connectivity index (χ0n) is 13.1. The molecule has 0 saturated carbocycles. The molecule has 0 heterocycles. The van der Waals surface area contributed by atoms with Crippen LogP contribution in [0.1, 0.15) is 35.3 Å². The molecule has 0 saturated heterocycles. The molecule has 0 spiro atoms. The van der Waals surface area contributed by atoms with E-state index in [4.69, 9.17) is 16.3 Å². The summed E-state index contributed by atoms with van der Waals surface area (Å²) in [5.41, 5.74) is 1.93. The van der Waals surface area contributed by atoms with Gasteiger partial charge in [-0.25, -0.2) is 4.39 Å². The normalized spacial score (nSPS) is 10.8. The average Bonchev–Trinajstić information content (AvgIpc) is 2.53. The van der Waals surface area contributed by atoms with Crippen LogP contribution in [0.25, 0.3) is 0 Å². The van der Waals surface area contributed by atoms with E-state index < -0.39 is 11.7 Å². The van der Waals surface area contributed by atoms with Crippen LogP contribution in [-0.2, 0) is 17.9 Å². The first-order valence-electron chi connectivity index (χ1n) is 7.38. The predicted octanol–water partition coefficient (Wildman–Crippen LogP) is 4.33. The van der Waals surface area contributed by atoms with E-state index in [2.05, 4.69) is 5.32 Å². The van der Waals surface area contributed by atoms with Gasteiger partial charge >= 0.3 is 0 Å². The van der Waals surface area contributed by atoms with Crippen LogP contribution in [0.15, 0.2) is 42.5 Å². The Morgan fingerprint density at radius 3 is 2.48 bits per heavy atom. The van der Waals surface area contributed by atoms with Gasteiger partial charge in [-0.2, -0.15) is 0 Å². The van der Waals surface area contributed by atoms with E-state index in [9.17, 15) is 9.18 Å². The average molecular weight is 336 g/mol. The lowest BCUT2D eigenvalue weighted by atomic mass is 10.1. The Balaban J connectivity index is 1.92. The van der Waals surface area contributed by atoms with Gasteiger partial charge in [-0.15, -0.1) is 0 Å². The summed E-state index contributed by atoms with van der Waals surface area (Å²) in [4.78, 5) is 12.0. The highest BCUT2D eigenvalue weighted by Gasteiger charge is 2.11. The highest BCUT2D eigenvalue weighted by atomic mass is 35.5. The minimum atomic E-state index is -0.590. The van der Waals surface area contributed by atoms with Crippen molar-refractivity contribution in [3.8, 4) is 0 Å². The van der Waals surface area contributed by atoms with Crippen LogP contribution in [0.4, 0.5) is 4.39 Å². The molecular weight excluding hydrogens is 317 g/mol. The minimum Gasteiger partial charge on any atom is -0.374 e. The Morgan fingerprint density at radius 1 is 1.17 bits per heavy atom. The summed E-state index contributed by atoms with van der Waals surface area (Å²) < 4.78 is 19.1. The van der Waals surface area contributed by atoms with Crippen molar-refractivity contribution >= 4 is 17.5 Å². The summed E-state index contributed by atoms with van der Waals surface area (Å²) in [6.07, 6.45) is 0.182. The molecule has 0 aromatic heterocycles. The van der Waals surface area contributed by atoms with E-state index in [0.717, 1.165) is 11.1 Å². The molecule has 122 valence electrons. The molecule has 0 aliphatic carbocycles. The van der Waals surface area contributed by atoms with Gasteiger partial charge in [0.05, 0.1) is 18.3 Å². The SMILES string of the molecule is CC(C)OCc1ccc(CNC(=O)c2cc(Cl)ccc2F)cc1. The predicted molar refractivity (Wildman–Crippen MR) is 88.9 cm³/mol. The topological polar surface area (TPSA) is 38.3 Å². The van der Waals surface area contributed by atoms with Crippen molar-refractivity contribution in [1.29, 1.82) is 0 Å². The highest BCUT2D eigenvalue weighted by Crippen LogP contribution is 2.15. The van der Waals surface area contributed by atoms with E-state index in [1.165, 1.54) is 18.2 Å². The summed E-state index contributed by atoms with van der Waals surface area (Å²) in [7, 11) is 0. The summed E-state index contributed by atoms with van der Waals surface area (Å²) in [5.74, 6) is -1.08. The van der Waals surface area contributed by atoms with Gasteiger partial charge in [-0.05, 0) is 43.2 Å². The van der Waals surface area contributed by atoms with Crippen molar-refractivity contribution in [1.82, 2.24) is 5.32 Å². The van der Waals surface area contributed by atoms with E-state index in [-0.39, 0.29) is 11.7 Å². The quantitative estimate of drug-likeness (QED) is 0.853. The van der Waals surface area contributed by atoms with Crippen LogP contribution in [0.2, 0.25) is 5.02 Å². The Hall–Kier alpha value is -1.91. The molecule has 2 rings (SSSR count). The zero-order chi connectivity index (χ0) is 16.8. The number of hydrogen-bond donors (Lipinski definition) is 1. The molecule has 0 aliphatic heterocycles. The molecule has 0 atom stereocenters. The Bertz CT molecular complexity index is 671. The van der Waals surface area contributed by atoms with E-state index in [1.807, 2.05) is 38.1 Å². The molecule has 1 amide bonds. The molecule has 3 nitrogen and oxygen atoms in total. The van der Waals surface area contributed by atoms with Gasteiger partial charge in [0.15, 0.2) is 0 Å². The second-order valence-electron chi connectivity index (χ2n) is 5.48. The number of rotatable bonds is 6. The van der Waals surface area contributed by atoms with Gasteiger partial charge in [0, 0.05) is 11.6 Å². The largest absolute Gasteiger partial charge is 0.374 e. The Morgan fingerprint density at radius 2 is 1.83 bits per heavy atom. The minimum absolute atomic E-state index is 0.0561. The zero-order valence-corrected chi connectivity index (χ0v) is 13.9. The van der Waals surface area contributed by atoms with Gasteiger partial charge in [-0.1, -0.05) is 35.9 Å². The first-order chi connectivity index (χ1) is 11.0. The van der Waals surface area contributed by atoms with Crippen LogP contribution < -0.4 is 5.32 Å². The summed E-state index contributed by atoms with van der Waals surface area (Å²) in [6, 6.07) is 11.6. The van der Waals surface area contributed by atoms with Gasteiger partial charge in [0.1, 0.15) is 5.82 Å².